The third-order valence-corrected chi connectivity index (χ3v) is 4.55. The molecule has 3 nitrogen and oxygen atoms in total. The van der Waals surface area contributed by atoms with Crippen LogP contribution in [0, 0.1) is 0 Å². The molecule has 1 saturated carbocycles. The van der Waals surface area contributed by atoms with Gasteiger partial charge in [0.05, 0.1) is 12.7 Å². The second-order valence-corrected chi connectivity index (χ2v) is 5.77. The van der Waals surface area contributed by atoms with Crippen molar-refractivity contribution in [3.63, 3.8) is 0 Å². The summed E-state index contributed by atoms with van der Waals surface area (Å²) in [5.74, 6) is 0.989. The number of benzene rings is 2. The van der Waals surface area contributed by atoms with E-state index < -0.39 is 0 Å². The van der Waals surface area contributed by atoms with E-state index in [1.165, 1.54) is 0 Å². The lowest BCUT2D eigenvalue weighted by molar-refractivity contribution is -0.0704. The highest BCUT2D eigenvalue weighted by Crippen LogP contribution is 2.39. The second-order valence-electron chi connectivity index (χ2n) is 5.77. The number of methoxy groups -OCH3 is 2. The summed E-state index contributed by atoms with van der Waals surface area (Å²) in [6, 6.07) is 11.7. The molecule has 110 valence electrons. The van der Waals surface area contributed by atoms with Gasteiger partial charge in [-0.15, -0.1) is 0 Å². The minimum Gasteiger partial charge on any atom is -0.497 e. The van der Waals surface area contributed by atoms with Crippen molar-refractivity contribution in [3.8, 4) is 5.75 Å². The Morgan fingerprint density at radius 3 is 2.43 bits per heavy atom. The normalized spacial score (nSPS) is 16.5. The number of hydrogen-bond donors (Lipinski definition) is 0. The van der Waals surface area contributed by atoms with Crippen LogP contribution in [-0.4, -0.2) is 25.6 Å². The van der Waals surface area contributed by atoms with Gasteiger partial charge >= 0.3 is 0 Å². The van der Waals surface area contributed by atoms with Crippen LogP contribution in [0.2, 0.25) is 0 Å². The average molecular weight is 284 g/mol. The molecular weight excluding hydrogens is 264 g/mol. The Morgan fingerprint density at radius 2 is 1.81 bits per heavy atom. The molecular formula is C18H20O3. The summed E-state index contributed by atoms with van der Waals surface area (Å²) in [7, 11) is 3.36. The Hall–Kier alpha value is -1.87. The second kappa shape index (κ2) is 5.49. The zero-order valence-corrected chi connectivity index (χ0v) is 12.5. The molecule has 3 rings (SSSR count). The fourth-order valence-corrected chi connectivity index (χ4v) is 2.94. The summed E-state index contributed by atoms with van der Waals surface area (Å²) in [6.07, 6.45) is 3.60. The predicted octanol–water partition coefficient (Wildman–Crippen LogP) is 3.99. The number of Topliss-reactive ketones (excluding diaryl/α,β-unsaturated/α-hetero) is 1. The maximum atomic E-state index is 12.5. The third-order valence-electron chi connectivity index (χ3n) is 4.55. The van der Waals surface area contributed by atoms with E-state index in [-0.39, 0.29) is 11.4 Å². The van der Waals surface area contributed by atoms with Crippen molar-refractivity contribution in [1.82, 2.24) is 0 Å². The molecule has 0 unspecified atom stereocenters. The highest BCUT2D eigenvalue weighted by Gasteiger charge is 2.39. The highest BCUT2D eigenvalue weighted by molar-refractivity contribution is 6.00. The first-order chi connectivity index (χ1) is 10.2. The van der Waals surface area contributed by atoms with Crippen LogP contribution in [0.3, 0.4) is 0 Å². The smallest absolute Gasteiger partial charge is 0.165 e. The van der Waals surface area contributed by atoms with Crippen LogP contribution in [0.5, 0.6) is 5.75 Å². The maximum Gasteiger partial charge on any atom is 0.165 e. The Bertz CT molecular complexity index is 666. The fourth-order valence-electron chi connectivity index (χ4n) is 2.94. The quantitative estimate of drug-likeness (QED) is 0.779. The molecule has 3 heteroatoms. The molecule has 1 aliphatic carbocycles. The van der Waals surface area contributed by atoms with Crippen molar-refractivity contribution in [2.24, 2.45) is 0 Å². The standard InChI is InChI=1S/C18H20O3/c1-20-16-7-6-13-10-15(5-4-14(13)11-16)17(19)12-18(21-2)8-3-9-18/h4-7,10-11H,3,8-9,12H2,1-2H3. The van der Waals surface area contributed by atoms with Crippen LogP contribution in [0.25, 0.3) is 10.8 Å². The Kier molecular flexibility index (Phi) is 3.68. The highest BCUT2D eigenvalue weighted by atomic mass is 16.5. The van der Waals surface area contributed by atoms with Crippen LogP contribution in [0.15, 0.2) is 36.4 Å². The Morgan fingerprint density at radius 1 is 1.10 bits per heavy atom. The first-order valence-electron chi connectivity index (χ1n) is 7.32. The molecule has 0 bridgehead atoms. The van der Waals surface area contributed by atoms with Crippen molar-refractivity contribution < 1.29 is 14.3 Å². The minimum absolute atomic E-state index is 0.161. The van der Waals surface area contributed by atoms with E-state index in [2.05, 4.69) is 0 Å². The van der Waals surface area contributed by atoms with Gasteiger partial charge in [0.2, 0.25) is 0 Å². The third kappa shape index (κ3) is 2.66. The van der Waals surface area contributed by atoms with Crippen molar-refractivity contribution >= 4 is 16.6 Å². The van der Waals surface area contributed by atoms with Crippen LogP contribution in [0.4, 0.5) is 0 Å². The SMILES string of the molecule is COc1ccc2cc(C(=O)CC3(OC)CCC3)ccc2c1. The van der Waals surface area contributed by atoms with Crippen LogP contribution in [-0.2, 0) is 4.74 Å². The van der Waals surface area contributed by atoms with Crippen molar-refractivity contribution in [2.75, 3.05) is 14.2 Å². The van der Waals surface area contributed by atoms with Gasteiger partial charge < -0.3 is 9.47 Å². The number of hydrogen-bond acceptors (Lipinski definition) is 3. The molecule has 1 fully saturated rings. The summed E-state index contributed by atoms with van der Waals surface area (Å²) in [5, 5.41) is 2.14. The molecule has 0 N–H and O–H groups in total. The number of ether oxygens (including phenoxy) is 2. The largest absolute Gasteiger partial charge is 0.497 e. The first kappa shape index (κ1) is 14.1. The van der Waals surface area contributed by atoms with Gasteiger partial charge in [0.15, 0.2) is 5.78 Å². The fraction of sp³-hybridized carbons (Fsp3) is 0.389. The molecule has 0 saturated heterocycles. The lowest BCUT2D eigenvalue weighted by Gasteiger charge is -2.40. The molecule has 21 heavy (non-hydrogen) atoms. The summed E-state index contributed by atoms with van der Waals surface area (Å²) >= 11 is 0. The van der Waals surface area contributed by atoms with E-state index in [0.717, 1.165) is 41.3 Å². The van der Waals surface area contributed by atoms with Crippen LogP contribution >= 0.6 is 0 Å². The molecule has 0 aliphatic heterocycles. The van der Waals surface area contributed by atoms with E-state index in [1.54, 1.807) is 14.2 Å². The zero-order valence-electron chi connectivity index (χ0n) is 12.5. The maximum absolute atomic E-state index is 12.5. The van der Waals surface area contributed by atoms with Crippen molar-refractivity contribution in [1.29, 1.82) is 0 Å². The summed E-state index contributed by atoms with van der Waals surface area (Å²) in [4.78, 5) is 12.5. The Labute approximate surface area is 124 Å². The molecule has 0 atom stereocenters. The van der Waals surface area contributed by atoms with Gasteiger partial charge in [0, 0.05) is 19.1 Å². The number of rotatable bonds is 5. The Balaban J connectivity index is 1.85. The molecule has 0 heterocycles. The molecule has 0 radical (unpaired) electrons. The van der Waals surface area contributed by atoms with E-state index in [4.69, 9.17) is 9.47 Å². The van der Waals surface area contributed by atoms with Gasteiger partial charge in [-0.1, -0.05) is 18.2 Å². The van der Waals surface area contributed by atoms with E-state index in [0.29, 0.717) is 6.42 Å². The van der Waals surface area contributed by atoms with Gasteiger partial charge in [0.1, 0.15) is 5.75 Å². The number of fused-ring (bicyclic) bond motifs is 1. The molecule has 0 amide bonds. The van der Waals surface area contributed by atoms with Crippen LogP contribution < -0.4 is 4.74 Å². The van der Waals surface area contributed by atoms with E-state index >= 15 is 0 Å². The summed E-state index contributed by atoms with van der Waals surface area (Å²) in [5.41, 5.74) is 0.544. The van der Waals surface area contributed by atoms with Gasteiger partial charge in [0.25, 0.3) is 0 Å². The number of ketones is 1. The molecule has 0 aromatic heterocycles. The van der Waals surface area contributed by atoms with Crippen molar-refractivity contribution in [2.45, 2.75) is 31.3 Å². The molecule has 1 aliphatic rings. The van der Waals surface area contributed by atoms with E-state index in [9.17, 15) is 4.79 Å². The minimum atomic E-state index is -0.216. The van der Waals surface area contributed by atoms with Gasteiger partial charge in [-0.25, -0.2) is 0 Å². The summed E-state index contributed by atoms with van der Waals surface area (Å²) < 4.78 is 10.8. The lowest BCUT2D eigenvalue weighted by atomic mass is 9.75. The van der Waals surface area contributed by atoms with Gasteiger partial charge in [-0.3, -0.25) is 4.79 Å². The van der Waals surface area contributed by atoms with Crippen LogP contribution in [0.1, 0.15) is 36.0 Å². The molecule has 2 aromatic carbocycles. The molecule has 2 aromatic rings. The summed E-state index contributed by atoms with van der Waals surface area (Å²) in [6.45, 7) is 0. The molecule has 0 spiro atoms. The monoisotopic (exact) mass is 284 g/mol. The predicted molar refractivity (Wildman–Crippen MR) is 83.0 cm³/mol. The number of carbonyl (C=O) groups excluding carboxylic acids is 1. The first-order valence-corrected chi connectivity index (χ1v) is 7.32. The number of carbonyl (C=O) groups is 1. The van der Waals surface area contributed by atoms with Crippen molar-refractivity contribution in [3.05, 3.63) is 42.0 Å². The van der Waals surface area contributed by atoms with Gasteiger partial charge in [-0.05, 0) is 48.2 Å². The average Bonchev–Trinajstić information content (AvgIpc) is 2.49. The topological polar surface area (TPSA) is 35.5 Å². The van der Waals surface area contributed by atoms with Gasteiger partial charge in [-0.2, -0.15) is 0 Å². The zero-order chi connectivity index (χ0) is 14.9. The lowest BCUT2D eigenvalue weighted by Crippen LogP contribution is -2.41. The van der Waals surface area contributed by atoms with E-state index in [1.807, 2.05) is 36.4 Å².